The summed E-state index contributed by atoms with van der Waals surface area (Å²) in [5.41, 5.74) is 8.38. The predicted molar refractivity (Wildman–Crippen MR) is 155 cm³/mol. The van der Waals surface area contributed by atoms with Crippen LogP contribution in [0.4, 0.5) is 4.39 Å². The van der Waals surface area contributed by atoms with Crippen molar-refractivity contribution in [1.29, 1.82) is 0 Å². The second kappa shape index (κ2) is 12.1. The third-order valence-electron chi connectivity index (χ3n) is 6.76. The van der Waals surface area contributed by atoms with Crippen LogP contribution in [0, 0.1) is 12.7 Å². The third-order valence-corrected chi connectivity index (χ3v) is 7.05. The summed E-state index contributed by atoms with van der Waals surface area (Å²) in [5, 5.41) is 16.8. The largest absolute Gasteiger partial charge is 0.507 e. The number of phenols is 1. The summed E-state index contributed by atoms with van der Waals surface area (Å²) in [6.45, 7) is 4.44. The number of nitrogens with two attached hydrogens (primary N) is 1. The number of carbonyl (C=O) groups excluding carboxylic acids is 1. The number of aryl methyl sites for hydroxylation is 1. The van der Waals surface area contributed by atoms with E-state index in [0.29, 0.717) is 63.2 Å². The van der Waals surface area contributed by atoms with Crippen molar-refractivity contribution in [2.75, 3.05) is 19.7 Å². The molecule has 4 N–H and O–H groups in total. The molecule has 1 atom stereocenters. The van der Waals surface area contributed by atoms with Crippen LogP contribution in [0.5, 0.6) is 11.6 Å². The van der Waals surface area contributed by atoms with Gasteiger partial charge in [0.2, 0.25) is 5.88 Å². The Labute approximate surface area is 240 Å². The first-order valence-corrected chi connectivity index (χ1v) is 13.5. The zero-order valence-corrected chi connectivity index (χ0v) is 23.3. The van der Waals surface area contributed by atoms with Crippen LogP contribution < -0.4 is 15.8 Å². The molecule has 0 aliphatic heterocycles. The van der Waals surface area contributed by atoms with Crippen LogP contribution in [0.15, 0.2) is 65.2 Å². The zero-order chi connectivity index (χ0) is 29.1. The van der Waals surface area contributed by atoms with E-state index in [1.807, 2.05) is 18.2 Å². The highest BCUT2D eigenvalue weighted by atomic mass is 35.5. The summed E-state index contributed by atoms with van der Waals surface area (Å²) in [5.74, 6) is -0.386. The molecule has 5 rings (SSSR count). The minimum absolute atomic E-state index is 0.00228. The summed E-state index contributed by atoms with van der Waals surface area (Å²) in [6.07, 6.45) is 1.58. The lowest BCUT2D eigenvalue weighted by Gasteiger charge is -2.23. The maximum atomic E-state index is 13.6. The van der Waals surface area contributed by atoms with E-state index in [-0.39, 0.29) is 29.5 Å². The van der Waals surface area contributed by atoms with Crippen LogP contribution in [0.25, 0.3) is 21.7 Å². The summed E-state index contributed by atoms with van der Waals surface area (Å²) >= 11 is 5.91. The minimum Gasteiger partial charge on any atom is -0.507 e. The highest BCUT2D eigenvalue weighted by molar-refractivity contribution is 6.30. The molecule has 5 aromatic rings. The Balaban J connectivity index is 1.66. The Morgan fingerprint density at radius 3 is 2.71 bits per heavy atom. The summed E-state index contributed by atoms with van der Waals surface area (Å²) in [7, 11) is 0. The molecule has 2 heterocycles. The van der Waals surface area contributed by atoms with Gasteiger partial charge in [-0.05, 0) is 43.2 Å². The lowest BCUT2D eigenvalue weighted by molar-refractivity contribution is 0.0526. The number of aromatic nitrogens is 1. The third kappa shape index (κ3) is 5.56. The van der Waals surface area contributed by atoms with Crippen molar-refractivity contribution in [2.45, 2.75) is 26.5 Å². The van der Waals surface area contributed by atoms with Gasteiger partial charge in [-0.15, -0.1) is 0 Å². The molecule has 0 saturated carbocycles. The van der Waals surface area contributed by atoms with Crippen LogP contribution in [-0.4, -0.2) is 35.8 Å². The summed E-state index contributed by atoms with van der Waals surface area (Å²) < 4.78 is 31.0. The number of hydrogen-bond acceptors (Lipinski definition) is 8. The monoisotopic (exact) mass is 577 g/mol. The molecule has 0 radical (unpaired) electrons. The highest BCUT2D eigenvalue weighted by Crippen LogP contribution is 2.45. The van der Waals surface area contributed by atoms with Crippen molar-refractivity contribution in [3.63, 3.8) is 0 Å². The van der Waals surface area contributed by atoms with Crippen molar-refractivity contribution < 1.29 is 28.2 Å². The zero-order valence-electron chi connectivity index (χ0n) is 22.5. The number of carbonyl (C=O) groups is 1. The number of nitrogens with one attached hydrogen (secondary N) is 1. The average molecular weight is 578 g/mol. The van der Waals surface area contributed by atoms with Gasteiger partial charge in [-0.3, -0.25) is 0 Å². The standard InChI is InChI=1S/C31H29ClFN3O5/c1-3-39-31(38)25-17(2)41-30-21-7-5-4-6-20(21)29(37)27(26(25)30)28(36-13-11-34)19-10-12-35-24(15-19)40-16-18-8-9-23(33)22(32)14-18/h4-10,12,14-15,28,36-37H,3,11,13,16,34H2,1-2H3. The first-order chi connectivity index (χ1) is 19.8. The number of phenolic OH excluding ortho intramolecular Hbond substituents is 1. The Bertz CT molecular complexity index is 1740. The van der Waals surface area contributed by atoms with Gasteiger partial charge in [0.1, 0.15) is 35.1 Å². The number of pyridine rings is 1. The Hall–Kier alpha value is -4.18. The lowest BCUT2D eigenvalue weighted by atomic mass is 9.90. The van der Waals surface area contributed by atoms with E-state index < -0.39 is 17.8 Å². The smallest absolute Gasteiger partial charge is 0.342 e. The van der Waals surface area contributed by atoms with Crippen molar-refractivity contribution in [1.82, 2.24) is 10.3 Å². The molecule has 0 saturated heterocycles. The fourth-order valence-electron chi connectivity index (χ4n) is 4.96. The maximum absolute atomic E-state index is 13.6. The molecule has 3 aromatic carbocycles. The normalized spacial score (nSPS) is 12.1. The molecule has 8 nitrogen and oxygen atoms in total. The van der Waals surface area contributed by atoms with E-state index in [1.54, 1.807) is 44.3 Å². The van der Waals surface area contributed by atoms with Crippen molar-refractivity contribution >= 4 is 39.3 Å². The molecule has 41 heavy (non-hydrogen) atoms. The van der Waals surface area contributed by atoms with Gasteiger partial charge in [0.15, 0.2) is 0 Å². The maximum Gasteiger partial charge on any atom is 0.342 e. The fraction of sp³-hybridized carbons (Fsp3) is 0.226. The number of hydrogen-bond donors (Lipinski definition) is 3. The van der Waals surface area contributed by atoms with E-state index in [2.05, 4.69) is 10.3 Å². The molecule has 0 fully saturated rings. The van der Waals surface area contributed by atoms with Crippen LogP contribution in [-0.2, 0) is 11.3 Å². The molecule has 10 heteroatoms. The second-order valence-electron chi connectivity index (χ2n) is 9.41. The number of halogens is 2. The first kappa shape index (κ1) is 28.4. The number of furan rings is 1. The highest BCUT2D eigenvalue weighted by Gasteiger charge is 2.31. The number of esters is 1. The number of benzene rings is 3. The minimum atomic E-state index is -0.638. The molecule has 0 amide bonds. The molecule has 0 bridgehead atoms. The number of aromatic hydroxyl groups is 1. The number of nitrogens with zero attached hydrogens (tertiary/aromatic N) is 1. The van der Waals surface area contributed by atoms with E-state index in [1.165, 1.54) is 12.1 Å². The molecule has 1 unspecified atom stereocenters. The van der Waals surface area contributed by atoms with Crippen LogP contribution >= 0.6 is 11.6 Å². The molecule has 0 spiro atoms. The van der Waals surface area contributed by atoms with Gasteiger partial charge in [0, 0.05) is 47.1 Å². The first-order valence-electron chi connectivity index (χ1n) is 13.1. The van der Waals surface area contributed by atoms with Crippen molar-refractivity contribution in [2.24, 2.45) is 5.73 Å². The average Bonchev–Trinajstić information content (AvgIpc) is 3.32. The van der Waals surface area contributed by atoms with Gasteiger partial charge < -0.3 is 30.0 Å². The molecule has 0 aliphatic carbocycles. The SMILES string of the molecule is CCOC(=O)c1c(C)oc2c1c(C(NCCN)c1ccnc(OCc3ccc(F)c(Cl)c3)c1)c(O)c1ccccc12. The van der Waals surface area contributed by atoms with Gasteiger partial charge in [-0.25, -0.2) is 14.2 Å². The topological polar surface area (TPSA) is 120 Å². The Kier molecular flexibility index (Phi) is 8.39. The molecular formula is C31H29ClFN3O5. The summed E-state index contributed by atoms with van der Waals surface area (Å²) in [6, 6.07) is 14.5. The molecule has 212 valence electrons. The number of ether oxygens (including phenoxy) is 2. The van der Waals surface area contributed by atoms with E-state index in [0.717, 1.165) is 0 Å². The Morgan fingerprint density at radius 2 is 1.98 bits per heavy atom. The quantitative estimate of drug-likeness (QED) is 0.168. The molecule has 0 aliphatic rings. The van der Waals surface area contributed by atoms with Gasteiger partial charge in [0.25, 0.3) is 0 Å². The van der Waals surface area contributed by atoms with Crippen LogP contribution in [0.1, 0.15) is 45.8 Å². The number of fused-ring (bicyclic) bond motifs is 3. The number of rotatable bonds is 10. The van der Waals surface area contributed by atoms with Gasteiger partial charge in [-0.2, -0.15) is 0 Å². The van der Waals surface area contributed by atoms with Crippen LogP contribution in [0.3, 0.4) is 0 Å². The van der Waals surface area contributed by atoms with Crippen LogP contribution in [0.2, 0.25) is 5.02 Å². The second-order valence-corrected chi connectivity index (χ2v) is 9.81. The summed E-state index contributed by atoms with van der Waals surface area (Å²) in [4.78, 5) is 17.5. The van der Waals surface area contributed by atoms with Crippen molar-refractivity contribution in [3.8, 4) is 11.6 Å². The van der Waals surface area contributed by atoms with E-state index >= 15 is 0 Å². The van der Waals surface area contributed by atoms with Crippen molar-refractivity contribution in [3.05, 3.63) is 99.6 Å². The molecule has 2 aromatic heterocycles. The van der Waals surface area contributed by atoms with E-state index in [4.69, 9.17) is 31.2 Å². The van der Waals surface area contributed by atoms with Gasteiger partial charge in [-0.1, -0.05) is 41.9 Å². The molecular weight excluding hydrogens is 549 g/mol. The van der Waals surface area contributed by atoms with Gasteiger partial charge in [0.05, 0.1) is 17.7 Å². The fourth-order valence-corrected chi connectivity index (χ4v) is 5.16. The van der Waals surface area contributed by atoms with E-state index in [9.17, 15) is 14.3 Å². The Morgan fingerprint density at radius 1 is 1.20 bits per heavy atom. The van der Waals surface area contributed by atoms with Gasteiger partial charge >= 0.3 is 5.97 Å². The lowest BCUT2D eigenvalue weighted by Crippen LogP contribution is -2.28. The predicted octanol–water partition coefficient (Wildman–Crippen LogP) is 6.18.